The van der Waals surface area contributed by atoms with E-state index in [1.807, 2.05) is 6.08 Å². The Balaban J connectivity index is 1.29. The molecular weight excluding hydrogens is 637 g/mol. The first-order chi connectivity index (χ1) is 23.2. The number of fused-ring (bicyclic) bond motifs is 4. The van der Waals surface area contributed by atoms with Gasteiger partial charge < -0.3 is 9.52 Å². The molecule has 2 saturated carbocycles. The minimum Gasteiger partial charge on any atom is -0.463 e. The molecule has 48 heavy (non-hydrogen) atoms. The van der Waals surface area contributed by atoms with Crippen LogP contribution in [0.25, 0.3) is 0 Å². The molecule has 2 aromatic carbocycles. The van der Waals surface area contributed by atoms with Crippen LogP contribution in [-0.2, 0) is 31.2 Å². The van der Waals surface area contributed by atoms with Gasteiger partial charge in [-0.05, 0) is 85.7 Å². The fourth-order valence-electron chi connectivity index (χ4n) is 9.32. The van der Waals surface area contributed by atoms with Gasteiger partial charge >= 0.3 is 0 Å². The lowest BCUT2D eigenvalue weighted by molar-refractivity contribution is -0.144. The van der Waals surface area contributed by atoms with Crippen molar-refractivity contribution in [2.24, 2.45) is 23.7 Å². The molecular formula is C37H35ClFN3O6. The lowest BCUT2D eigenvalue weighted by Crippen LogP contribution is -2.53. The van der Waals surface area contributed by atoms with Gasteiger partial charge in [-0.3, -0.25) is 29.5 Å². The van der Waals surface area contributed by atoms with Crippen molar-refractivity contribution in [2.75, 3.05) is 5.43 Å². The van der Waals surface area contributed by atoms with E-state index in [1.54, 1.807) is 36.4 Å². The highest BCUT2D eigenvalue weighted by molar-refractivity contribution is 6.30. The molecule has 6 unspecified atom stereocenters. The molecule has 248 valence electrons. The zero-order valence-corrected chi connectivity index (χ0v) is 26.9. The summed E-state index contributed by atoms with van der Waals surface area (Å²) in [5.74, 6) is -4.69. The SMILES string of the molecule is O=C1C2CC3C(=CCC4C(=O)N(C5CCCCC5)C(=O)C43)C(c3ccc(CO)o3)C2(c2ccc(Cl)cc2)C(=O)N1Nc1ccc(F)cc1. The van der Waals surface area contributed by atoms with Gasteiger partial charge in [0, 0.05) is 11.1 Å². The Morgan fingerprint density at radius 2 is 1.62 bits per heavy atom. The summed E-state index contributed by atoms with van der Waals surface area (Å²) in [7, 11) is 0. The Bertz CT molecular complexity index is 1830. The Hall–Kier alpha value is -4.28. The summed E-state index contributed by atoms with van der Waals surface area (Å²) in [6.07, 6.45) is 7.07. The van der Waals surface area contributed by atoms with E-state index in [9.17, 15) is 23.9 Å². The van der Waals surface area contributed by atoms with Crippen LogP contribution < -0.4 is 5.43 Å². The van der Waals surface area contributed by atoms with Gasteiger partial charge in [-0.25, -0.2) is 4.39 Å². The third-order valence-electron chi connectivity index (χ3n) is 11.4. The molecule has 5 aliphatic rings. The number of hydrazine groups is 1. The normalized spacial score (nSPS) is 30.3. The predicted octanol–water partition coefficient (Wildman–Crippen LogP) is 5.88. The zero-order chi connectivity index (χ0) is 33.3. The highest BCUT2D eigenvalue weighted by Gasteiger charge is 2.71. The number of aliphatic hydroxyl groups excluding tert-OH is 1. The number of aliphatic hydroxyl groups is 1. The lowest BCUT2D eigenvalue weighted by atomic mass is 9.50. The van der Waals surface area contributed by atoms with Crippen LogP contribution in [0.1, 0.15) is 67.9 Å². The first-order valence-electron chi connectivity index (χ1n) is 16.7. The Morgan fingerprint density at radius 1 is 0.896 bits per heavy atom. The fourth-order valence-corrected chi connectivity index (χ4v) is 9.45. The van der Waals surface area contributed by atoms with E-state index in [0.29, 0.717) is 28.5 Å². The number of amides is 4. The molecule has 2 N–H and O–H groups in total. The number of anilines is 1. The van der Waals surface area contributed by atoms with Gasteiger partial charge in [0.2, 0.25) is 11.8 Å². The number of hydrogen-bond donors (Lipinski definition) is 2. The number of imide groups is 2. The number of nitrogens with one attached hydrogen (secondary N) is 1. The van der Waals surface area contributed by atoms with Crippen molar-refractivity contribution in [3.05, 3.63) is 100 Å². The summed E-state index contributed by atoms with van der Waals surface area (Å²) in [4.78, 5) is 59.5. The van der Waals surface area contributed by atoms with Gasteiger partial charge in [0.15, 0.2) is 0 Å². The molecule has 6 atom stereocenters. The minimum atomic E-state index is -1.52. The van der Waals surface area contributed by atoms with Crippen molar-refractivity contribution in [3.8, 4) is 0 Å². The number of furan rings is 1. The predicted molar refractivity (Wildman–Crippen MR) is 172 cm³/mol. The highest BCUT2D eigenvalue weighted by atomic mass is 35.5. The van der Waals surface area contributed by atoms with E-state index in [2.05, 4.69) is 5.43 Å². The number of halogens is 2. The average Bonchev–Trinajstić information content (AvgIpc) is 3.74. The van der Waals surface area contributed by atoms with Crippen molar-refractivity contribution in [2.45, 2.75) is 68.9 Å². The smallest absolute Gasteiger partial charge is 0.260 e. The van der Waals surface area contributed by atoms with E-state index < -0.39 is 52.6 Å². The fraction of sp³-hybridized carbons (Fsp3) is 0.405. The van der Waals surface area contributed by atoms with Gasteiger partial charge in [-0.15, -0.1) is 0 Å². The van der Waals surface area contributed by atoms with E-state index in [1.165, 1.54) is 29.2 Å². The Morgan fingerprint density at radius 3 is 2.31 bits per heavy atom. The molecule has 3 aromatic rings. The maximum atomic E-state index is 15.1. The summed E-state index contributed by atoms with van der Waals surface area (Å²) in [5.41, 5.74) is 3.08. The number of likely N-dealkylation sites (tertiary alicyclic amines) is 1. The lowest BCUT2D eigenvalue weighted by Gasteiger charge is -2.49. The number of hydrogen-bond acceptors (Lipinski definition) is 7. The third kappa shape index (κ3) is 4.52. The van der Waals surface area contributed by atoms with Crippen molar-refractivity contribution in [1.82, 2.24) is 9.91 Å². The summed E-state index contributed by atoms with van der Waals surface area (Å²) in [6.45, 7) is -0.369. The highest BCUT2D eigenvalue weighted by Crippen LogP contribution is 2.64. The van der Waals surface area contributed by atoms with E-state index >= 15 is 4.79 Å². The molecule has 8 rings (SSSR count). The maximum absolute atomic E-state index is 15.1. The molecule has 11 heteroatoms. The Kier molecular flexibility index (Phi) is 7.56. The van der Waals surface area contributed by atoms with Gasteiger partial charge in [-0.1, -0.05) is 54.6 Å². The third-order valence-corrected chi connectivity index (χ3v) is 11.6. The molecule has 3 aliphatic carbocycles. The van der Waals surface area contributed by atoms with Crippen LogP contribution in [0.4, 0.5) is 10.1 Å². The molecule has 0 spiro atoms. The molecule has 2 aliphatic heterocycles. The number of nitrogens with zero attached hydrogens (tertiary/aromatic N) is 2. The Labute approximate surface area is 281 Å². The standard InChI is InChI=1S/C37H35ClFN3O6/c38-21-8-6-20(7-9-21)37-29(34(45)42(36(37)47)40-23-12-10-22(39)11-13-23)18-28-26(32(37)30-17-14-25(19-43)48-30)15-16-27-31(28)35(46)41(33(27)44)24-4-2-1-3-5-24/h6-15,17,24,27-29,31-32,40,43H,1-5,16,18-19H2. The summed E-state index contributed by atoms with van der Waals surface area (Å²) in [5, 5.41) is 11.4. The van der Waals surface area contributed by atoms with Crippen LogP contribution in [0.2, 0.25) is 5.02 Å². The molecule has 4 amide bonds. The van der Waals surface area contributed by atoms with E-state index in [0.717, 1.165) is 42.7 Å². The van der Waals surface area contributed by atoms with Crippen LogP contribution >= 0.6 is 11.6 Å². The van der Waals surface area contributed by atoms with Crippen molar-refractivity contribution >= 4 is 40.9 Å². The van der Waals surface area contributed by atoms with Crippen LogP contribution in [0.15, 0.2) is 76.7 Å². The minimum absolute atomic E-state index is 0.123. The molecule has 1 aromatic heterocycles. The van der Waals surface area contributed by atoms with E-state index in [-0.39, 0.29) is 36.6 Å². The largest absolute Gasteiger partial charge is 0.463 e. The van der Waals surface area contributed by atoms with E-state index in [4.69, 9.17) is 16.0 Å². The second-order valence-corrected chi connectivity index (χ2v) is 14.1. The summed E-state index contributed by atoms with van der Waals surface area (Å²) < 4.78 is 20.0. The first kappa shape index (κ1) is 31.0. The number of allylic oxidation sites excluding steroid dienone is 2. The molecule has 9 nitrogen and oxygen atoms in total. The van der Waals surface area contributed by atoms with Crippen molar-refractivity contribution < 1.29 is 33.1 Å². The molecule has 4 fully saturated rings. The average molecular weight is 672 g/mol. The second-order valence-electron chi connectivity index (χ2n) is 13.7. The van der Waals surface area contributed by atoms with Gasteiger partial charge in [-0.2, -0.15) is 5.01 Å². The monoisotopic (exact) mass is 671 g/mol. The van der Waals surface area contributed by atoms with Crippen molar-refractivity contribution in [1.29, 1.82) is 0 Å². The molecule has 2 saturated heterocycles. The number of carbonyl (C=O) groups is 4. The van der Waals surface area contributed by atoms with Crippen molar-refractivity contribution in [3.63, 3.8) is 0 Å². The van der Waals surface area contributed by atoms with Gasteiger partial charge in [0.1, 0.15) is 29.4 Å². The number of rotatable bonds is 6. The number of benzene rings is 2. The molecule has 0 radical (unpaired) electrons. The maximum Gasteiger partial charge on any atom is 0.260 e. The van der Waals surface area contributed by atoms with Gasteiger partial charge in [0.05, 0.1) is 29.4 Å². The van der Waals surface area contributed by atoms with Crippen LogP contribution in [0, 0.1) is 29.5 Å². The quantitative estimate of drug-likeness (QED) is 0.248. The molecule has 3 heterocycles. The number of carbonyl (C=O) groups excluding carboxylic acids is 4. The zero-order valence-electron chi connectivity index (χ0n) is 26.1. The second kappa shape index (κ2) is 11.7. The summed E-state index contributed by atoms with van der Waals surface area (Å²) in [6, 6.07) is 15.4. The van der Waals surface area contributed by atoms with Crippen LogP contribution in [0.5, 0.6) is 0 Å². The van der Waals surface area contributed by atoms with Crippen LogP contribution in [-0.4, -0.2) is 44.7 Å². The van der Waals surface area contributed by atoms with Crippen LogP contribution in [0.3, 0.4) is 0 Å². The van der Waals surface area contributed by atoms with Gasteiger partial charge in [0.25, 0.3) is 11.8 Å². The topological polar surface area (TPSA) is 120 Å². The first-order valence-corrected chi connectivity index (χ1v) is 17.0. The molecule has 0 bridgehead atoms. The summed E-state index contributed by atoms with van der Waals surface area (Å²) >= 11 is 6.32.